The monoisotopic (exact) mass is 185 g/mol. The molecule has 0 aromatic carbocycles. The molecule has 0 fully saturated rings. The topological polar surface area (TPSA) is 191 Å². The van der Waals surface area contributed by atoms with Crippen molar-refractivity contribution in [2.45, 2.75) is 0 Å². The Labute approximate surface area is 73.9 Å². The zero-order chi connectivity index (χ0) is 10.4. The van der Waals surface area contributed by atoms with E-state index in [1.165, 1.54) is 0 Å². The van der Waals surface area contributed by atoms with Gasteiger partial charge in [-0.25, -0.2) is 0 Å². The van der Waals surface area contributed by atoms with Crippen molar-refractivity contribution in [3.8, 4) is 0 Å². The second-order valence-electron chi connectivity index (χ2n) is 1.87. The molecule has 0 rings (SSSR count). The second-order valence-corrected chi connectivity index (χ2v) is 1.87. The van der Waals surface area contributed by atoms with E-state index in [4.69, 9.17) is 34.1 Å². The van der Waals surface area contributed by atoms with Gasteiger partial charge in [0.1, 0.15) is 0 Å². The molecule has 0 atom stereocenters. The minimum absolute atomic E-state index is 0.265. The molecule has 0 radical (unpaired) electrons. The molecule has 11 N–H and O–H groups in total. The van der Waals surface area contributed by atoms with Crippen LogP contribution < -0.4 is 28.7 Å². The Morgan fingerprint density at radius 3 is 1.62 bits per heavy atom. The summed E-state index contributed by atoms with van der Waals surface area (Å²) in [5, 5.41) is 7.03. The molecular formula is C4H11N9. The first kappa shape index (κ1) is 10.7. The van der Waals surface area contributed by atoms with Crippen molar-refractivity contribution in [2.75, 3.05) is 0 Å². The van der Waals surface area contributed by atoms with Crippen molar-refractivity contribution in [3.05, 3.63) is 0 Å². The lowest BCUT2D eigenvalue weighted by Gasteiger charge is -1.93. The fourth-order valence-electron chi connectivity index (χ4n) is 0.413. The summed E-state index contributed by atoms with van der Waals surface area (Å²) >= 11 is 0. The zero-order valence-electron chi connectivity index (χ0n) is 6.73. The molecule has 0 amide bonds. The Morgan fingerprint density at radius 2 is 1.23 bits per heavy atom. The van der Waals surface area contributed by atoms with Crippen LogP contribution in [0.3, 0.4) is 0 Å². The number of aliphatic imine (C=N–C) groups is 3. The summed E-state index contributed by atoms with van der Waals surface area (Å²) in [4.78, 5) is 9.93. The number of nitrogens with zero attached hydrogens (tertiary/aromatic N) is 3. The summed E-state index contributed by atoms with van der Waals surface area (Å²) in [5.74, 6) is -1.34. The third kappa shape index (κ3) is 6.09. The Hall–Kier alpha value is -2.32. The van der Waals surface area contributed by atoms with E-state index >= 15 is 0 Å². The van der Waals surface area contributed by atoms with Crippen LogP contribution >= 0.6 is 0 Å². The van der Waals surface area contributed by atoms with Crippen molar-refractivity contribution >= 4 is 23.8 Å². The van der Waals surface area contributed by atoms with Crippen LogP contribution in [0.15, 0.2) is 15.0 Å². The standard InChI is InChI=1S/C4H11N9/c5-1(6)11-3(9)13-4(10)12-2(7)8/h(H11,5,6,7,8,9,10,11,12,13). The minimum atomic E-state index is -0.484. The molecule has 0 aromatic rings. The third-order valence-electron chi connectivity index (χ3n) is 0.699. The third-order valence-corrected chi connectivity index (χ3v) is 0.699. The molecule has 0 saturated heterocycles. The summed E-state index contributed by atoms with van der Waals surface area (Å²) in [5.41, 5.74) is 25.0. The normalized spacial score (nSPS) is 10.3. The van der Waals surface area contributed by atoms with Crippen molar-refractivity contribution in [1.82, 2.24) is 0 Å². The van der Waals surface area contributed by atoms with Gasteiger partial charge in [-0.15, -0.1) is 0 Å². The average Bonchev–Trinajstić information content (AvgIpc) is 1.80. The first-order valence-electron chi connectivity index (χ1n) is 3.04. The Kier molecular flexibility index (Phi) is 3.73. The molecule has 0 aliphatic heterocycles. The first-order chi connectivity index (χ1) is 5.91. The van der Waals surface area contributed by atoms with Crippen molar-refractivity contribution in [1.29, 1.82) is 5.41 Å². The molecular weight excluding hydrogens is 174 g/mol. The summed E-state index contributed by atoms with van der Waals surface area (Å²) in [7, 11) is 0. The Balaban J connectivity index is 4.50. The lowest BCUT2D eigenvalue weighted by atomic mass is 10.9. The molecule has 0 bridgehead atoms. The van der Waals surface area contributed by atoms with Crippen LogP contribution in [0.2, 0.25) is 0 Å². The average molecular weight is 185 g/mol. The molecule has 0 aliphatic carbocycles. The van der Waals surface area contributed by atoms with Gasteiger partial charge in [-0.05, 0) is 0 Å². The number of rotatable bonds is 0. The maximum atomic E-state index is 7.03. The summed E-state index contributed by atoms with van der Waals surface area (Å²) in [6.07, 6.45) is 0. The maximum Gasteiger partial charge on any atom is 0.248 e. The van der Waals surface area contributed by atoms with Gasteiger partial charge in [0.15, 0.2) is 11.9 Å². The maximum absolute atomic E-state index is 7.03. The van der Waals surface area contributed by atoms with Gasteiger partial charge in [-0.3, -0.25) is 5.41 Å². The molecule has 0 aromatic heterocycles. The fourth-order valence-corrected chi connectivity index (χ4v) is 0.413. The van der Waals surface area contributed by atoms with E-state index < -0.39 is 5.96 Å². The largest absolute Gasteiger partial charge is 0.370 e. The van der Waals surface area contributed by atoms with E-state index in [0.29, 0.717) is 0 Å². The van der Waals surface area contributed by atoms with E-state index in [1.807, 2.05) is 0 Å². The highest BCUT2D eigenvalue weighted by Crippen LogP contribution is 1.79. The van der Waals surface area contributed by atoms with Gasteiger partial charge in [0, 0.05) is 0 Å². The second kappa shape index (κ2) is 4.54. The van der Waals surface area contributed by atoms with Gasteiger partial charge in [0.2, 0.25) is 11.9 Å². The van der Waals surface area contributed by atoms with E-state index in [-0.39, 0.29) is 17.9 Å². The highest BCUT2D eigenvalue weighted by molar-refractivity contribution is 6.01. The van der Waals surface area contributed by atoms with Crippen LogP contribution in [-0.4, -0.2) is 23.8 Å². The number of nitrogens with one attached hydrogen (secondary N) is 1. The van der Waals surface area contributed by atoms with Crippen molar-refractivity contribution in [2.24, 2.45) is 43.6 Å². The van der Waals surface area contributed by atoms with Crippen molar-refractivity contribution in [3.63, 3.8) is 0 Å². The van der Waals surface area contributed by atoms with E-state index in [1.54, 1.807) is 0 Å². The van der Waals surface area contributed by atoms with Gasteiger partial charge in [0.05, 0.1) is 0 Å². The van der Waals surface area contributed by atoms with Gasteiger partial charge >= 0.3 is 0 Å². The molecule has 0 spiro atoms. The van der Waals surface area contributed by atoms with Crippen LogP contribution in [0.5, 0.6) is 0 Å². The zero-order valence-corrected chi connectivity index (χ0v) is 6.73. The van der Waals surface area contributed by atoms with E-state index in [2.05, 4.69) is 15.0 Å². The predicted molar refractivity (Wildman–Crippen MR) is 51.0 cm³/mol. The molecule has 13 heavy (non-hydrogen) atoms. The number of guanidine groups is 4. The molecule has 0 heterocycles. The van der Waals surface area contributed by atoms with Gasteiger partial charge < -0.3 is 28.7 Å². The van der Waals surface area contributed by atoms with Crippen molar-refractivity contribution < 1.29 is 0 Å². The summed E-state index contributed by atoms with van der Waals surface area (Å²) in [6, 6.07) is 0. The van der Waals surface area contributed by atoms with Crippen LogP contribution in [0, 0.1) is 5.41 Å². The lowest BCUT2D eigenvalue weighted by molar-refractivity contribution is 1.32. The predicted octanol–water partition coefficient (Wildman–Crippen LogP) is -3.22. The minimum Gasteiger partial charge on any atom is -0.370 e. The van der Waals surface area contributed by atoms with Crippen LogP contribution in [0.4, 0.5) is 0 Å². The first-order valence-corrected chi connectivity index (χ1v) is 3.04. The fraction of sp³-hybridized carbons (Fsp3) is 0. The van der Waals surface area contributed by atoms with Gasteiger partial charge in [0.25, 0.3) is 0 Å². The van der Waals surface area contributed by atoms with Gasteiger partial charge in [-0.1, -0.05) is 0 Å². The quantitative estimate of drug-likeness (QED) is 0.170. The number of nitrogens with two attached hydrogens (primary N) is 5. The lowest BCUT2D eigenvalue weighted by Crippen LogP contribution is -2.27. The smallest absolute Gasteiger partial charge is 0.248 e. The highest BCUT2D eigenvalue weighted by atomic mass is 15.2. The molecule has 9 heteroatoms. The molecule has 9 nitrogen and oxygen atoms in total. The molecule has 0 saturated carbocycles. The summed E-state index contributed by atoms with van der Waals surface area (Å²) in [6.45, 7) is 0. The van der Waals surface area contributed by atoms with Gasteiger partial charge in [-0.2, -0.15) is 15.0 Å². The van der Waals surface area contributed by atoms with E-state index in [9.17, 15) is 0 Å². The van der Waals surface area contributed by atoms with E-state index in [0.717, 1.165) is 0 Å². The summed E-state index contributed by atoms with van der Waals surface area (Å²) < 4.78 is 0. The Morgan fingerprint density at radius 1 is 0.769 bits per heavy atom. The Bertz CT molecular complexity index is 276. The van der Waals surface area contributed by atoms with Crippen LogP contribution in [-0.2, 0) is 0 Å². The SMILES string of the molecule is N=C(N=C(N)N)/N=C(\N)N=C(N)N. The number of hydrogen-bond acceptors (Lipinski definition) is 1. The molecule has 0 aliphatic rings. The van der Waals surface area contributed by atoms with Crippen LogP contribution in [0.25, 0.3) is 0 Å². The molecule has 0 unspecified atom stereocenters. The number of hydrogen-bond donors (Lipinski definition) is 6. The van der Waals surface area contributed by atoms with Crippen LogP contribution in [0.1, 0.15) is 0 Å². The highest BCUT2D eigenvalue weighted by Gasteiger charge is 1.93. The molecule has 72 valence electrons.